The Labute approximate surface area is 156 Å². The Hall–Kier alpha value is -2.30. The highest BCUT2D eigenvalue weighted by molar-refractivity contribution is 5.94. The lowest BCUT2D eigenvalue weighted by Crippen LogP contribution is -2.32. The van der Waals surface area contributed by atoms with E-state index in [-0.39, 0.29) is 17.0 Å². The maximum Gasteiger partial charge on any atom is 0.202 e. The van der Waals surface area contributed by atoms with Crippen LogP contribution in [0.5, 0.6) is 0 Å². The minimum atomic E-state index is -0.0797. The molecule has 0 saturated heterocycles. The highest BCUT2D eigenvalue weighted by Crippen LogP contribution is 2.48. The predicted molar refractivity (Wildman–Crippen MR) is 103 cm³/mol. The Morgan fingerprint density at radius 2 is 1.77 bits per heavy atom. The van der Waals surface area contributed by atoms with E-state index in [0.717, 1.165) is 31.8 Å². The van der Waals surface area contributed by atoms with Crippen molar-refractivity contribution in [2.75, 3.05) is 26.7 Å². The van der Waals surface area contributed by atoms with Crippen LogP contribution in [0, 0.1) is 0 Å². The van der Waals surface area contributed by atoms with E-state index in [1.165, 1.54) is 12.5 Å². The van der Waals surface area contributed by atoms with E-state index in [4.69, 9.17) is 4.74 Å². The van der Waals surface area contributed by atoms with Crippen LogP contribution in [0.3, 0.4) is 0 Å². The standard InChI is InChI=1S/C21H30N2O3/c1-6-22-20(23(5)7-2)19(16(4)25)26-14-21(12-13-21)18-10-8-17(9-11-18)15(3)24/h8-11,22H,6-7,12-14H2,1-5H3/b20-19+. The van der Waals surface area contributed by atoms with Gasteiger partial charge in [0, 0.05) is 38.0 Å². The van der Waals surface area contributed by atoms with Gasteiger partial charge in [-0.1, -0.05) is 24.3 Å². The number of hydrogen-bond donors (Lipinski definition) is 1. The molecule has 0 atom stereocenters. The number of benzene rings is 1. The van der Waals surface area contributed by atoms with E-state index in [1.807, 2.05) is 50.1 Å². The zero-order valence-corrected chi connectivity index (χ0v) is 16.5. The summed E-state index contributed by atoms with van der Waals surface area (Å²) in [4.78, 5) is 25.6. The van der Waals surface area contributed by atoms with Gasteiger partial charge in [-0.15, -0.1) is 0 Å². The first kappa shape index (κ1) is 20.0. The second kappa shape index (κ2) is 8.39. The number of Topliss-reactive ketones (excluding diaryl/α,β-unsaturated/α-hetero) is 2. The van der Waals surface area contributed by atoms with Crippen LogP contribution in [-0.4, -0.2) is 43.2 Å². The first-order chi connectivity index (χ1) is 12.3. The summed E-state index contributed by atoms with van der Waals surface area (Å²) >= 11 is 0. The number of hydrogen-bond acceptors (Lipinski definition) is 5. The number of carbonyl (C=O) groups is 2. The fourth-order valence-corrected chi connectivity index (χ4v) is 2.99. The van der Waals surface area contributed by atoms with Crippen molar-refractivity contribution >= 4 is 11.6 Å². The molecular formula is C21H30N2O3. The first-order valence-electron chi connectivity index (χ1n) is 9.29. The highest BCUT2D eigenvalue weighted by Gasteiger charge is 2.45. The number of ketones is 2. The molecule has 1 N–H and O–H groups in total. The number of allylic oxidation sites excluding steroid dienone is 1. The number of nitrogens with zero attached hydrogens (tertiary/aromatic N) is 1. The molecule has 5 nitrogen and oxygen atoms in total. The van der Waals surface area contributed by atoms with E-state index < -0.39 is 0 Å². The van der Waals surface area contributed by atoms with Crippen molar-refractivity contribution in [3.63, 3.8) is 0 Å². The van der Waals surface area contributed by atoms with Crippen molar-refractivity contribution < 1.29 is 14.3 Å². The summed E-state index contributed by atoms with van der Waals surface area (Å²) < 4.78 is 6.06. The number of carbonyl (C=O) groups excluding carboxylic acids is 2. The van der Waals surface area contributed by atoms with Crippen molar-refractivity contribution in [2.24, 2.45) is 0 Å². The van der Waals surface area contributed by atoms with Crippen LogP contribution in [0.25, 0.3) is 0 Å². The van der Waals surface area contributed by atoms with Gasteiger partial charge >= 0.3 is 0 Å². The Balaban J connectivity index is 2.20. The lowest BCUT2D eigenvalue weighted by Gasteiger charge is -2.25. The molecule has 0 spiro atoms. The molecule has 5 heteroatoms. The number of nitrogens with one attached hydrogen (secondary N) is 1. The molecule has 0 aliphatic heterocycles. The summed E-state index contributed by atoms with van der Waals surface area (Å²) in [7, 11) is 1.94. The predicted octanol–water partition coefficient (Wildman–Crippen LogP) is 3.26. The third kappa shape index (κ3) is 4.45. The smallest absolute Gasteiger partial charge is 0.202 e. The molecule has 2 rings (SSSR count). The Kier molecular flexibility index (Phi) is 6.46. The van der Waals surface area contributed by atoms with E-state index in [0.29, 0.717) is 17.9 Å². The molecule has 1 aliphatic carbocycles. The SMILES string of the molecule is CCN/C(=C(\OCC1(c2ccc(C(C)=O)cc2)CC1)C(C)=O)N(C)CC. The van der Waals surface area contributed by atoms with Gasteiger partial charge in [0.2, 0.25) is 5.76 Å². The molecule has 0 bridgehead atoms. The summed E-state index contributed by atoms with van der Waals surface area (Å²) in [6, 6.07) is 7.75. The normalized spacial score (nSPS) is 15.7. The lowest BCUT2D eigenvalue weighted by molar-refractivity contribution is -0.117. The maximum atomic E-state index is 12.2. The second-order valence-electron chi connectivity index (χ2n) is 6.98. The zero-order chi connectivity index (χ0) is 19.3. The summed E-state index contributed by atoms with van der Waals surface area (Å²) in [5, 5.41) is 3.25. The highest BCUT2D eigenvalue weighted by atomic mass is 16.5. The third-order valence-electron chi connectivity index (χ3n) is 4.99. The van der Waals surface area contributed by atoms with E-state index >= 15 is 0 Å². The average Bonchev–Trinajstić information content (AvgIpc) is 3.41. The van der Waals surface area contributed by atoms with Gasteiger partial charge in [-0.2, -0.15) is 0 Å². The minimum Gasteiger partial charge on any atom is -0.486 e. The molecule has 1 fully saturated rings. The largest absolute Gasteiger partial charge is 0.486 e. The maximum absolute atomic E-state index is 12.2. The van der Waals surface area contributed by atoms with Gasteiger partial charge in [-0.3, -0.25) is 9.59 Å². The molecule has 0 radical (unpaired) electrons. The van der Waals surface area contributed by atoms with Gasteiger partial charge in [0.05, 0.1) is 6.61 Å². The number of rotatable bonds is 10. The molecule has 142 valence electrons. The van der Waals surface area contributed by atoms with Gasteiger partial charge < -0.3 is 15.0 Å². The van der Waals surface area contributed by atoms with Gasteiger partial charge in [0.15, 0.2) is 11.6 Å². The quantitative estimate of drug-likeness (QED) is 0.395. The average molecular weight is 358 g/mol. The second-order valence-corrected chi connectivity index (χ2v) is 6.98. The molecule has 1 saturated carbocycles. The zero-order valence-electron chi connectivity index (χ0n) is 16.5. The molecule has 0 unspecified atom stereocenters. The van der Waals surface area contributed by atoms with Crippen LogP contribution in [0.1, 0.15) is 56.5 Å². The number of ether oxygens (including phenoxy) is 1. The van der Waals surface area contributed by atoms with Crippen LogP contribution in [-0.2, 0) is 14.9 Å². The van der Waals surface area contributed by atoms with E-state index in [1.54, 1.807) is 6.92 Å². The molecule has 1 aliphatic rings. The van der Waals surface area contributed by atoms with Gasteiger partial charge in [0.1, 0.15) is 5.82 Å². The summed E-state index contributed by atoms with van der Waals surface area (Å²) in [6.07, 6.45) is 2.05. The Bertz CT molecular complexity index is 688. The third-order valence-corrected chi connectivity index (χ3v) is 4.99. The van der Waals surface area contributed by atoms with Crippen molar-refractivity contribution in [3.05, 3.63) is 47.0 Å². The van der Waals surface area contributed by atoms with Crippen molar-refractivity contribution in [2.45, 2.75) is 46.0 Å². The first-order valence-corrected chi connectivity index (χ1v) is 9.29. The summed E-state index contributed by atoms with van der Waals surface area (Å²) in [5.41, 5.74) is 1.83. The monoisotopic (exact) mass is 358 g/mol. The molecule has 1 aromatic rings. The van der Waals surface area contributed by atoms with Crippen LogP contribution in [0.2, 0.25) is 0 Å². The molecule has 0 aromatic heterocycles. The fourth-order valence-electron chi connectivity index (χ4n) is 2.99. The van der Waals surface area contributed by atoms with Gasteiger partial charge in [0.25, 0.3) is 0 Å². The van der Waals surface area contributed by atoms with Crippen molar-refractivity contribution in [1.82, 2.24) is 10.2 Å². The summed E-state index contributed by atoms with van der Waals surface area (Å²) in [5.74, 6) is 1.12. The van der Waals surface area contributed by atoms with Crippen LogP contribution in [0.4, 0.5) is 0 Å². The Morgan fingerprint density at radius 3 is 2.19 bits per heavy atom. The molecule has 0 heterocycles. The van der Waals surface area contributed by atoms with E-state index in [2.05, 4.69) is 5.32 Å². The molecule has 1 aromatic carbocycles. The topological polar surface area (TPSA) is 58.6 Å². The van der Waals surface area contributed by atoms with Crippen LogP contribution in [0.15, 0.2) is 35.8 Å². The lowest BCUT2D eigenvalue weighted by atomic mass is 9.95. The van der Waals surface area contributed by atoms with Crippen LogP contribution < -0.4 is 5.32 Å². The van der Waals surface area contributed by atoms with Gasteiger partial charge in [-0.05, 0) is 39.2 Å². The fraction of sp³-hybridized carbons (Fsp3) is 0.524. The van der Waals surface area contributed by atoms with Crippen LogP contribution >= 0.6 is 0 Å². The van der Waals surface area contributed by atoms with Crippen molar-refractivity contribution in [3.8, 4) is 0 Å². The van der Waals surface area contributed by atoms with Gasteiger partial charge in [-0.25, -0.2) is 0 Å². The molecule has 26 heavy (non-hydrogen) atoms. The molecule has 0 amide bonds. The molecular weight excluding hydrogens is 328 g/mol. The summed E-state index contributed by atoms with van der Waals surface area (Å²) in [6.45, 7) is 9.11. The Morgan fingerprint density at radius 1 is 1.15 bits per heavy atom. The van der Waals surface area contributed by atoms with Crippen molar-refractivity contribution in [1.29, 1.82) is 0 Å². The minimum absolute atomic E-state index is 0.0574. The van der Waals surface area contributed by atoms with E-state index in [9.17, 15) is 9.59 Å².